The van der Waals surface area contributed by atoms with Crippen molar-refractivity contribution in [2.45, 2.75) is 107 Å². The summed E-state index contributed by atoms with van der Waals surface area (Å²) >= 11 is 0. The van der Waals surface area contributed by atoms with Crippen LogP contribution in [-0.4, -0.2) is 78.2 Å². The van der Waals surface area contributed by atoms with E-state index in [2.05, 4.69) is 16.9 Å². The molecule has 3 atom stereocenters. The van der Waals surface area contributed by atoms with Crippen LogP contribution in [0.5, 0.6) is 5.88 Å². The van der Waals surface area contributed by atoms with Crippen LogP contribution in [0.2, 0.25) is 0 Å². The number of fused-ring (bicyclic) bond motifs is 1. The first kappa shape index (κ1) is 37.1. The van der Waals surface area contributed by atoms with E-state index < -0.39 is 63.3 Å². The second kappa shape index (κ2) is 15.7. The molecule has 2 fully saturated rings. The Bertz CT molecular complexity index is 1600. The minimum Gasteiger partial charge on any atom is -0.472 e. The summed E-state index contributed by atoms with van der Waals surface area (Å²) in [6, 6.07) is 6.28. The molecule has 1 aliphatic carbocycles. The number of nitrogens with two attached hydrogens (primary N) is 1. The van der Waals surface area contributed by atoms with Crippen LogP contribution in [0.3, 0.4) is 0 Å². The third kappa shape index (κ3) is 9.91. The van der Waals surface area contributed by atoms with E-state index in [4.69, 9.17) is 10.5 Å². The molecule has 0 spiro atoms. The van der Waals surface area contributed by atoms with Crippen LogP contribution in [-0.2, 0) is 30.8 Å². The van der Waals surface area contributed by atoms with Crippen LogP contribution in [0, 0.1) is 0 Å². The predicted molar refractivity (Wildman–Crippen MR) is 174 cm³/mol. The SMILES string of the molecule is C=CC[C@@](C)(NC(=O)[C@@H]1C[C@@H](Oc2nccc3ccc(CCCCCCCN)cc23)CN1C(=O)CC(F)(F)F)C(=O)NS(=O)(=O)C1CC1. The molecule has 264 valence electrons. The number of halogens is 3. The van der Waals surface area contributed by atoms with E-state index in [1.165, 1.54) is 19.2 Å². The zero-order valence-electron chi connectivity index (χ0n) is 27.1. The molecule has 2 aromatic rings. The first-order valence-corrected chi connectivity index (χ1v) is 17.8. The second-order valence-corrected chi connectivity index (χ2v) is 14.8. The number of ether oxygens (including phenoxy) is 1. The summed E-state index contributed by atoms with van der Waals surface area (Å²) in [6.45, 7) is 5.21. The first-order chi connectivity index (χ1) is 22.7. The van der Waals surface area contributed by atoms with Crippen LogP contribution in [0.15, 0.2) is 43.1 Å². The van der Waals surface area contributed by atoms with Crippen LogP contribution in [0.4, 0.5) is 13.2 Å². The summed E-state index contributed by atoms with van der Waals surface area (Å²) in [5.41, 5.74) is 4.81. The quantitative estimate of drug-likeness (QED) is 0.165. The Morgan fingerprint density at radius 1 is 1.12 bits per heavy atom. The van der Waals surface area contributed by atoms with E-state index >= 15 is 0 Å². The molecule has 48 heavy (non-hydrogen) atoms. The highest BCUT2D eigenvalue weighted by Crippen LogP contribution is 2.32. The summed E-state index contributed by atoms with van der Waals surface area (Å²) in [7, 11) is -3.97. The maximum absolute atomic E-state index is 13.6. The maximum Gasteiger partial charge on any atom is 0.397 e. The Morgan fingerprint density at radius 2 is 1.83 bits per heavy atom. The maximum atomic E-state index is 13.6. The lowest BCUT2D eigenvalue weighted by atomic mass is 9.96. The number of aryl methyl sites for hydroxylation is 1. The van der Waals surface area contributed by atoms with Gasteiger partial charge in [0.1, 0.15) is 24.1 Å². The number of nitrogens with zero attached hydrogens (tertiary/aromatic N) is 2. The number of aromatic nitrogens is 1. The van der Waals surface area contributed by atoms with Gasteiger partial charge in [0, 0.05) is 18.0 Å². The minimum absolute atomic E-state index is 0.191. The average Bonchev–Trinajstić information content (AvgIpc) is 3.79. The van der Waals surface area contributed by atoms with Crippen molar-refractivity contribution in [2.75, 3.05) is 13.1 Å². The van der Waals surface area contributed by atoms with Crippen molar-refractivity contribution in [3.63, 3.8) is 0 Å². The number of benzene rings is 1. The van der Waals surface area contributed by atoms with Crippen LogP contribution >= 0.6 is 0 Å². The smallest absolute Gasteiger partial charge is 0.397 e. The van der Waals surface area contributed by atoms with Crippen molar-refractivity contribution < 1.29 is 40.7 Å². The summed E-state index contributed by atoms with van der Waals surface area (Å²) < 4.78 is 73.0. The van der Waals surface area contributed by atoms with Crippen molar-refractivity contribution in [3.05, 3.63) is 48.7 Å². The summed E-state index contributed by atoms with van der Waals surface area (Å²) in [5.74, 6) is -3.07. The Morgan fingerprint density at radius 3 is 2.50 bits per heavy atom. The fourth-order valence-corrected chi connectivity index (χ4v) is 7.23. The predicted octanol–water partition coefficient (Wildman–Crippen LogP) is 4.05. The van der Waals surface area contributed by atoms with E-state index in [1.807, 2.05) is 22.9 Å². The normalized spacial score (nSPS) is 19.5. The van der Waals surface area contributed by atoms with Gasteiger partial charge in [0.25, 0.3) is 5.91 Å². The molecule has 0 radical (unpaired) electrons. The Hall–Kier alpha value is -3.72. The molecule has 15 heteroatoms. The number of carbonyl (C=O) groups excluding carboxylic acids is 3. The van der Waals surface area contributed by atoms with E-state index in [0.717, 1.165) is 54.4 Å². The van der Waals surface area contributed by atoms with E-state index in [9.17, 15) is 36.0 Å². The third-order valence-corrected chi connectivity index (χ3v) is 10.4. The van der Waals surface area contributed by atoms with E-state index in [1.54, 1.807) is 6.07 Å². The number of likely N-dealkylation sites (tertiary alicyclic amines) is 1. The minimum atomic E-state index is -4.83. The lowest BCUT2D eigenvalue weighted by molar-refractivity contribution is -0.163. The number of amides is 3. The number of sulfonamides is 1. The van der Waals surface area contributed by atoms with Gasteiger partial charge in [-0.15, -0.1) is 6.58 Å². The van der Waals surface area contributed by atoms with Crippen molar-refractivity contribution in [1.82, 2.24) is 19.9 Å². The molecule has 2 heterocycles. The Kier molecular flexibility index (Phi) is 12.1. The molecule has 3 amide bonds. The molecule has 1 aliphatic heterocycles. The highest BCUT2D eigenvalue weighted by Gasteiger charge is 2.47. The van der Waals surface area contributed by atoms with Crippen molar-refractivity contribution >= 4 is 38.5 Å². The van der Waals surface area contributed by atoms with Gasteiger partial charge in [0.2, 0.25) is 27.7 Å². The number of hydrogen-bond donors (Lipinski definition) is 3. The van der Waals surface area contributed by atoms with Crippen LogP contribution in [0.1, 0.15) is 76.7 Å². The van der Waals surface area contributed by atoms with E-state index in [-0.39, 0.29) is 25.3 Å². The van der Waals surface area contributed by atoms with Gasteiger partial charge in [0.15, 0.2) is 0 Å². The van der Waals surface area contributed by atoms with Gasteiger partial charge in [-0.2, -0.15) is 13.2 Å². The molecule has 1 aromatic carbocycles. The summed E-state index contributed by atoms with van der Waals surface area (Å²) in [4.78, 5) is 44.8. The molecule has 0 bridgehead atoms. The average molecular weight is 696 g/mol. The first-order valence-electron chi connectivity index (χ1n) is 16.3. The van der Waals surface area contributed by atoms with Gasteiger partial charge >= 0.3 is 6.18 Å². The van der Waals surface area contributed by atoms with Gasteiger partial charge in [0.05, 0.1) is 11.8 Å². The fourth-order valence-electron chi connectivity index (χ4n) is 5.83. The lowest BCUT2D eigenvalue weighted by Gasteiger charge is -2.31. The molecule has 0 unspecified atom stereocenters. The third-order valence-electron chi connectivity index (χ3n) is 8.63. The highest BCUT2D eigenvalue weighted by atomic mass is 32.2. The number of unbranched alkanes of at least 4 members (excludes halogenated alkanes) is 4. The van der Waals surface area contributed by atoms with Crippen LogP contribution < -0.4 is 20.5 Å². The van der Waals surface area contributed by atoms with Gasteiger partial charge in [-0.1, -0.05) is 37.5 Å². The highest BCUT2D eigenvalue weighted by molar-refractivity contribution is 7.90. The number of carbonyl (C=O) groups is 3. The van der Waals surface area contributed by atoms with Crippen molar-refractivity contribution in [3.8, 4) is 5.88 Å². The molecule has 4 N–H and O–H groups in total. The molecule has 4 rings (SSSR count). The monoisotopic (exact) mass is 695 g/mol. The Labute approximate surface area is 278 Å². The summed E-state index contributed by atoms with van der Waals surface area (Å²) in [5, 5.41) is 3.29. The van der Waals surface area contributed by atoms with Gasteiger partial charge in [-0.05, 0) is 75.1 Å². The van der Waals surface area contributed by atoms with Gasteiger partial charge in [-0.25, -0.2) is 13.4 Å². The number of rotatable bonds is 17. The molecule has 11 nitrogen and oxygen atoms in total. The molecule has 1 saturated heterocycles. The largest absolute Gasteiger partial charge is 0.472 e. The van der Waals surface area contributed by atoms with Crippen molar-refractivity contribution in [2.24, 2.45) is 5.73 Å². The molecule has 2 aliphatic rings. The van der Waals surface area contributed by atoms with Crippen LogP contribution in [0.25, 0.3) is 10.8 Å². The molecule has 1 saturated carbocycles. The lowest BCUT2D eigenvalue weighted by Crippen LogP contribution is -2.61. The number of nitrogens with one attached hydrogen (secondary N) is 2. The standard InChI is InChI=1S/C33H44F3N5O6S/c1-3-15-32(2,31(44)40-48(45,46)25-12-13-25)39-29(43)27-19-24(21-41(27)28(42)20-33(34,35)36)47-30-26-18-22(9-7-5-4-6-8-16-37)10-11-23(26)14-17-38-30/h3,10-11,14,17-18,24-25,27H,1,4-9,12-13,15-16,19-21,37H2,2H3,(H,39,43)(H,40,44)/t24-,27+,32-/m1/s1. The molecular formula is C33H44F3N5O6S. The number of pyridine rings is 1. The fraction of sp³-hybridized carbons (Fsp3) is 0.576. The molecule has 1 aromatic heterocycles. The number of alkyl halides is 3. The number of hydrogen-bond acceptors (Lipinski definition) is 8. The van der Waals surface area contributed by atoms with E-state index in [0.29, 0.717) is 24.8 Å². The van der Waals surface area contributed by atoms with Gasteiger partial charge < -0.3 is 20.7 Å². The topological polar surface area (TPSA) is 161 Å². The van der Waals surface area contributed by atoms with Crippen molar-refractivity contribution in [1.29, 1.82) is 0 Å². The Balaban J connectivity index is 1.52. The zero-order chi connectivity index (χ0) is 35.1. The second-order valence-electron chi connectivity index (χ2n) is 12.8. The summed E-state index contributed by atoms with van der Waals surface area (Å²) in [6.07, 6.45) is 1.78. The molecular weight excluding hydrogens is 651 g/mol. The zero-order valence-corrected chi connectivity index (χ0v) is 27.9. The van der Waals surface area contributed by atoms with Gasteiger partial charge in [-0.3, -0.25) is 19.1 Å².